The maximum Gasteiger partial charge on any atom is 0.511 e. The molecule has 3 aromatic carbocycles. The van der Waals surface area contributed by atoms with Crippen molar-refractivity contribution in [1.29, 1.82) is 0 Å². The molecule has 35 heavy (non-hydrogen) atoms. The molecule has 0 unspecified atom stereocenters. The normalized spacial score (nSPS) is 14.3. The Bertz CT molecular complexity index is 1420. The Morgan fingerprint density at radius 1 is 1.09 bits per heavy atom. The molecule has 3 N–H and O–H groups in total. The average molecular weight is 493 g/mol. The summed E-state index contributed by atoms with van der Waals surface area (Å²) >= 11 is 6.09. The number of para-hydroxylation sites is 1. The number of hydrazone groups is 2. The Balaban J connectivity index is 1.61. The third kappa shape index (κ3) is 4.95. The molecule has 9 nitrogen and oxygen atoms in total. The fraction of sp³-hybridized carbons (Fsp3) is 0.120. The number of nitrogens with one attached hydrogen (secondary N) is 1. The molecule has 0 aliphatic carbocycles. The second kappa shape index (κ2) is 9.47. The first-order valence-corrected chi connectivity index (χ1v) is 10.9. The predicted octanol–water partition coefficient (Wildman–Crippen LogP) is 5.58. The van der Waals surface area contributed by atoms with E-state index in [1.165, 1.54) is 17.1 Å². The molecule has 0 bridgehead atoms. The van der Waals surface area contributed by atoms with Gasteiger partial charge in [0.05, 0.1) is 17.1 Å². The Kier molecular flexibility index (Phi) is 6.44. The predicted molar refractivity (Wildman–Crippen MR) is 135 cm³/mol. The van der Waals surface area contributed by atoms with Gasteiger partial charge >= 0.3 is 12.1 Å². The van der Waals surface area contributed by atoms with Crippen LogP contribution in [0.25, 0.3) is 11.1 Å². The van der Waals surface area contributed by atoms with E-state index in [0.29, 0.717) is 22.5 Å². The van der Waals surface area contributed by atoms with E-state index in [1.54, 1.807) is 31.2 Å². The number of phenolic OH excluding ortho intramolecular Hbond substituents is 1. The molecule has 0 radical (unpaired) electrons. The summed E-state index contributed by atoms with van der Waals surface area (Å²) in [6.45, 7) is 5.62. The largest absolute Gasteiger partial charge is 0.511 e. The van der Waals surface area contributed by atoms with Crippen molar-refractivity contribution in [2.45, 2.75) is 20.8 Å². The molecule has 4 rings (SSSR count). The minimum absolute atomic E-state index is 0.00725. The lowest BCUT2D eigenvalue weighted by molar-refractivity contribution is -0.112. The van der Waals surface area contributed by atoms with Gasteiger partial charge in [0.1, 0.15) is 11.5 Å². The van der Waals surface area contributed by atoms with E-state index in [2.05, 4.69) is 20.4 Å². The first-order valence-electron chi connectivity index (χ1n) is 10.5. The van der Waals surface area contributed by atoms with Gasteiger partial charge in [-0.2, -0.15) is 15.2 Å². The lowest BCUT2D eigenvalue weighted by atomic mass is 10.0. The smallest absolute Gasteiger partial charge is 0.505 e. The van der Waals surface area contributed by atoms with Crippen molar-refractivity contribution in [3.63, 3.8) is 0 Å². The molecule has 1 aliphatic heterocycles. The molecular weight excluding hydrogens is 472 g/mol. The van der Waals surface area contributed by atoms with Crippen LogP contribution in [0.15, 0.2) is 64.8 Å². The van der Waals surface area contributed by atoms with Crippen molar-refractivity contribution in [2.24, 2.45) is 10.2 Å². The summed E-state index contributed by atoms with van der Waals surface area (Å²) in [5.74, 6) is -0.571. The van der Waals surface area contributed by atoms with E-state index in [0.717, 1.165) is 11.1 Å². The minimum Gasteiger partial charge on any atom is -0.505 e. The van der Waals surface area contributed by atoms with Gasteiger partial charge in [0.15, 0.2) is 5.71 Å². The number of halogens is 1. The Hall–Kier alpha value is -4.37. The molecule has 3 aromatic rings. The van der Waals surface area contributed by atoms with E-state index in [9.17, 15) is 14.7 Å². The molecule has 10 heteroatoms. The number of carbonyl (C=O) groups is 2. The SMILES string of the molecule is CC1=NN(c2ccc(C)c(C)c2)C(=O)C1=NNc1cccc(-c2cc(Cl)cc(OC(=O)O)c2)c1O. The van der Waals surface area contributed by atoms with Crippen molar-refractivity contribution < 1.29 is 24.5 Å². The number of ether oxygens (including phenoxy) is 1. The van der Waals surface area contributed by atoms with Crippen molar-refractivity contribution in [3.8, 4) is 22.6 Å². The van der Waals surface area contributed by atoms with E-state index in [-0.39, 0.29) is 27.9 Å². The maximum atomic E-state index is 13.0. The number of aryl methyl sites for hydroxylation is 2. The topological polar surface area (TPSA) is 124 Å². The number of aromatic hydroxyl groups is 1. The third-order valence-corrected chi connectivity index (χ3v) is 5.65. The van der Waals surface area contributed by atoms with Gasteiger partial charge in [0, 0.05) is 10.6 Å². The van der Waals surface area contributed by atoms with E-state index in [4.69, 9.17) is 16.7 Å². The van der Waals surface area contributed by atoms with Crippen molar-refractivity contribution >= 4 is 46.5 Å². The molecule has 1 heterocycles. The minimum atomic E-state index is -1.48. The number of carbonyl (C=O) groups excluding carboxylic acids is 1. The van der Waals surface area contributed by atoms with Crippen LogP contribution in [-0.4, -0.2) is 33.7 Å². The van der Waals surface area contributed by atoms with Gasteiger partial charge < -0.3 is 14.9 Å². The fourth-order valence-electron chi connectivity index (χ4n) is 3.52. The number of amides is 1. The van der Waals surface area contributed by atoms with Crippen LogP contribution in [0.1, 0.15) is 18.1 Å². The number of rotatable bonds is 5. The molecule has 178 valence electrons. The number of anilines is 2. The van der Waals surface area contributed by atoms with Crippen LogP contribution < -0.4 is 15.2 Å². The summed E-state index contributed by atoms with van der Waals surface area (Å²) in [7, 11) is 0. The van der Waals surface area contributed by atoms with Gasteiger partial charge in [0.2, 0.25) is 0 Å². The number of carboxylic acid groups (broad SMARTS) is 1. The number of benzene rings is 3. The van der Waals surface area contributed by atoms with E-state index < -0.39 is 12.1 Å². The summed E-state index contributed by atoms with van der Waals surface area (Å²) in [6, 6.07) is 14.8. The van der Waals surface area contributed by atoms with Crippen LogP contribution in [0.2, 0.25) is 5.02 Å². The van der Waals surface area contributed by atoms with Gasteiger partial charge in [-0.1, -0.05) is 29.8 Å². The first-order chi connectivity index (χ1) is 16.6. The Labute approximate surface area is 205 Å². The van der Waals surface area contributed by atoms with Crippen molar-refractivity contribution in [1.82, 2.24) is 0 Å². The zero-order chi connectivity index (χ0) is 25.3. The number of nitrogens with zero attached hydrogens (tertiary/aromatic N) is 3. The third-order valence-electron chi connectivity index (χ3n) is 5.43. The average Bonchev–Trinajstić information content (AvgIpc) is 3.07. The van der Waals surface area contributed by atoms with Crippen LogP contribution in [0.4, 0.5) is 16.2 Å². The highest BCUT2D eigenvalue weighted by Crippen LogP contribution is 2.38. The summed E-state index contributed by atoms with van der Waals surface area (Å²) in [6.07, 6.45) is -1.48. The van der Waals surface area contributed by atoms with Gasteiger partial charge in [-0.3, -0.25) is 10.2 Å². The van der Waals surface area contributed by atoms with Crippen molar-refractivity contribution in [3.05, 3.63) is 70.7 Å². The molecule has 1 aliphatic rings. The lowest BCUT2D eigenvalue weighted by Crippen LogP contribution is -2.28. The Morgan fingerprint density at radius 3 is 2.57 bits per heavy atom. The molecule has 0 spiro atoms. The molecule has 0 atom stereocenters. The highest BCUT2D eigenvalue weighted by molar-refractivity contribution is 6.71. The number of hydrogen-bond donors (Lipinski definition) is 3. The summed E-state index contributed by atoms with van der Waals surface area (Å²) in [5.41, 5.74) is 7.03. The zero-order valence-corrected chi connectivity index (χ0v) is 19.8. The molecule has 0 saturated carbocycles. The monoisotopic (exact) mass is 492 g/mol. The van der Waals surface area contributed by atoms with Gasteiger partial charge in [-0.15, -0.1) is 0 Å². The lowest BCUT2D eigenvalue weighted by Gasteiger charge is -2.13. The summed E-state index contributed by atoms with van der Waals surface area (Å²) < 4.78 is 4.68. The van der Waals surface area contributed by atoms with Gasteiger partial charge in [0.25, 0.3) is 0 Å². The second-order valence-electron chi connectivity index (χ2n) is 7.89. The van der Waals surface area contributed by atoms with Gasteiger partial charge in [-0.25, -0.2) is 4.79 Å². The van der Waals surface area contributed by atoms with E-state index >= 15 is 0 Å². The van der Waals surface area contributed by atoms with Crippen LogP contribution in [0.3, 0.4) is 0 Å². The second-order valence-corrected chi connectivity index (χ2v) is 8.32. The van der Waals surface area contributed by atoms with Gasteiger partial charge in [-0.05, 0) is 73.9 Å². The fourth-order valence-corrected chi connectivity index (χ4v) is 3.74. The molecule has 0 fully saturated rings. The zero-order valence-electron chi connectivity index (χ0n) is 19.0. The molecule has 0 saturated heterocycles. The maximum absolute atomic E-state index is 13.0. The molecular formula is C25H21ClN4O5. The summed E-state index contributed by atoms with van der Waals surface area (Å²) in [5, 5.41) is 29.7. The number of phenols is 1. The highest BCUT2D eigenvalue weighted by Gasteiger charge is 2.31. The highest BCUT2D eigenvalue weighted by atomic mass is 35.5. The van der Waals surface area contributed by atoms with E-state index in [1.807, 2.05) is 32.0 Å². The van der Waals surface area contributed by atoms with Crippen LogP contribution in [-0.2, 0) is 4.79 Å². The van der Waals surface area contributed by atoms with Crippen LogP contribution in [0, 0.1) is 13.8 Å². The Morgan fingerprint density at radius 2 is 1.86 bits per heavy atom. The molecule has 0 aromatic heterocycles. The molecule has 1 amide bonds. The number of hydrogen-bond acceptors (Lipinski definition) is 7. The van der Waals surface area contributed by atoms with Crippen molar-refractivity contribution in [2.75, 3.05) is 10.4 Å². The van der Waals surface area contributed by atoms with Crippen LogP contribution >= 0.6 is 11.6 Å². The standard InChI is InChI=1S/C25H21ClN4O5/c1-13-7-8-18(9-14(13)2)30-24(32)22(15(3)29-30)28-27-21-6-4-5-20(23(21)31)16-10-17(26)12-19(11-16)35-25(33)34/h4-12,27,31H,1-3H3,(H,33,34). The summed E-state index contributed by atoms with van der Waals surface area (Å²) in [4.78, 5) is 23.8. The quantitative estimate of drug-likeness (QED) is 0.185. The first kappa shape index (κ1) is 23.8. The van der Waals surface area contributed by atoms with Crippen LogP contribution in [0.5, 0.6) is 11.5 Å².